The average Bonchev–Trinajstić information content (AvgIpc) is 2.67. The Morgan fingerprint density at radius 3 is 3.00 bits per heavy atom. The molecule has 1 heterocycles. The van der Waals surface area contributed by atoms with E-state index in [1.54, 1.807) is 11.3 Å². The zero-order chi connectivity index (χ0) is 10.5. The Morgan fingerprint density at radius 1 is 1.33 bits per heavy atom. The van der Waals surface area contributed by atoms with Crippen molar-refractivity contribution in [3.8, 4) is 0 Å². The normalized spacial score (nSPS) is 27.5. The molecule has 3 heteroatoms. The Hall–Kier alpha value is -0.380. The van der Waals surface area contributed by atoms with E-state index in [2.05, 4.69) is 16.8 Å². The van der Waals surface area contributed by atoms with Crippen molar-refractivity contribution in [1.29, 1.82) is 0 Å². The predicted molar refractivity (Wildman–Crippen MR) is 64.0 cm³/mol. The van der Waals surface area contributed by atoms with Gasteiger partial charge in [-0.05, 0) is 35.2 Å². The summed E-state index contributed by atoms with van der Waals surface area (Å²) in [6.45, 7) is 0.724. The summed E-state index contributed by atoms with van der Waals surface area (Å²) in [6, 6.07) is 2.36. The minimum absolute atomic E-state index is 0.242. The van der Waals surface area contributed by atoms with Gasteiger partial charge < -0.3 is 10.5 Å². The molecule has 1 aromatic heterocycles. The van der Waals surface area contributed by atoms with E-state index in [0.717, 1.165) is 19.4 Å². The van der Waals surface area contributed by atoms with Crippen molar-refractivity contribution in [2.45, 2.75) is 50.9 Å². The van der Waals surface area contributed by atoms with Crippen molar-refractivity contribution in [3.63, 3.8) is 0 Å². The molecular formula is C12H19NOS. The van der Waals surface area contributed by atoms with Crippen LogP contribution in [0, 0.1) is 0 Å². The van der Waals surface area contributed by atoms with Gasteiger partial charge in [0.05, 0.1) is 12.7 Å². The highest BCUT2D eigenvalue weighted by Gasteiger charge is 2.20. The lowest BCUT2D eigenvalue weighted by atomic mass is 10.1. The Morgan fingerprint density at radius 2 is 2.20 bits per heavy atom. The van der Waals surface area contributed by atoms with Gasteiger partial charge in [-0.1, -0.05) is 19.3 Å². The van der Waals surface area contributed by atoms with Gasteiger partial charge in [0.1, 0.15) is 0 Å². The standard InChI is InChI=1S/C12H19NOS/c13-11-4-2-1-3-5-12(11)14-8-10-6-7-15-9-10/h6-7,9,11-12H,1-5,8,13H2. The largest absolute Gasteiger partial charge is 0.372 e. The van der Waals surface area contributed by atoms with Crippen LogP contribution in [0.3, 0.4) is 0 Å². The Bertz CT molecular complexity index is 273. The summed E-state index contributed by atoms with van der Waals surface area (Å²) in [5, 5.41) is 4.23. The van der Waals surface area contributed by atoms with Crippen molar-refractivity contribution < 1.29 is 4.74 Å². The van der Waals surface area contributed by atoms with Crippen LogP contribution < -0.4 is 5.73 Å². The first kappa shape index (κ1) is 11.1. The van der Waals surface area contributed by atoms with Crippen molar-refractivity contribution in [1.82, 2.24) is 0 Å². The van der Waals surface area contributed by atoms with Crippen LogP contribution in [0.4, 0.5) is 0 Å². The van der Waals surface area contributed by atoms with Crippen LogP contribution in [-0.2, 0) is 11.3 Å². The smallest absolute Gasteiger partial charge is 0.0730 e. The van der Waals surface area contributed by atoms with E-state index in [1.807, 2.05) is 0 Å². The fourth-order valence-electron chi connectivity index (χ4n) is 2.09. The van der Waals surface area contributed by atoms with Crippen LogP contribution in [0.5, 0.6) is 0 Å². The molecule has 2 nitrogen and oxygen atoms in total. The minimum Gasteiger partial charge on any atom is -0.372 e. The number of nitrogens with two attached hydrogens (primary N) is 1. The number of thiophene rings is 1. The molecule has 0 spiro atoms. The van der Waals surface area contributed by atoms with E-state index in [9.17, 15) is 0 Å². The molecule has 0 amide bonds. The molecule has 1 aliphatic rings. The third-order valence-electron chi connectivity index (χ3n) is 3.05. The highest BCUT2D eigenvalue weighted by molar-refractivity contribution is 7.07. The predicted octanol–water partition coefficient (Wildman–Crippen LogP) is 2.92. The molecule has 2 atom stereocenters. The molecule has 0 bridgehead atoms. The highest BCUT2D eigenvalue weighted by Crippen LogP contribution is 2.20. The second-order valence-corrected chi connectivity index (χ2v) is 5.06. The number of hydrogen-bond donors (Lipinski definition) is 1. The quantitative estimate of drug-likeness (QED) is 0.803. The molecule has 0 aromatic carbocycles. The highest BCUT2D eigenvalue weighted by atomic mass is 32.1. The molecule has 1 aromatic rings. The maximum Gasteiger partial charge on any atom is 0.0730 e. The summed E-state index contributed by atoms with van der Waals surface area (Å²) in [4.78, 5) is 0. The van der Waals surface area contributed by atoms with Crippen molar-refractivity contribution >= 4 is 11.3 Å². The Balaban J connectivity index is 1.81. The van der Waals surface area contributed by atoms with E-state index in [0.29, 0.717) is 0 Å². The third-order valence-corrected chi connectivity index (χ3v) is 3.78. The van der Waals surface area contributed by atoms with Gasteiger partial charge in [-0.25, -0.2) is 0 Å². The van der Waals surface area contributed by atoms with Gasteiger partial charge >= 0.3 is 0 Å². The van der Waals surface area contributed by atoms with Gasteiger partial charge in [0.15, 0.2) is 0 Å². The molecule has 0 aliphatic heterocycles. The summed E-state index contributed by atoms with van der Waals surface area (Å²) in [7, 11) is 0. The van der Waals surface area contributed by atoms with Crippen LogP contribution in [0.1, 0.15) is 37.7 Å². The lowest BCUT2D eigenvalue weighted by Crippen LogP contribution is -2.35. The lowest BCUT2D eigenvalue weighted by Gasteiger charge is -2.21. The second-order valence-electron chi connectivity index (χ2n) is 4.28. The minimum atomic E-state index is 0.242. The van der Waals surface area contributed by atoms with Gasteiger partial charge in [-0.3, -0.25) is 0 Å². The summed E-state index contributed by atoms with van der Waals surface area (Å²) in [5.41, 5.74) is 7.37. The first-order valence-electron chi connectivity index (χ1n) is 5.74. The number of hydrogen-bond acceptors (Lipinski definition) is 3. The molecule has 1 fully saturated rings. The fourth-order valence-corrected chi connectivity index (χ4v) is 2.74. The van der Waals surface area contributed by atoms with Gasteiger partial charge in [-0.2, -0.15) is 11.3 Å². The van der Waals surface area contributed by atoms with Crippen LogP contribution in [0.25, 0.3) is 0 Å². The zero-order valence-corrected chi connectivity index (χ0v) is 9.84. The van der Waals surface area contributed by atoms with Crippen molar-refractivity contribution in [2.24, 2.45) is 5.73 Å². The third kappa shape index (κ3) is 3.30. The van der Waals surface area contributed by atoms with Gasteiger partial charge in [-0.15, -0.1) is 0 Å². The molecule has 15 heavy (non-hydrogen) atoms. The van der Waals surface area contributed by atoms with E-state index < -0.39 is 0 Å². The van der Waals surface area contributed by atoms with Crippen LogP contribution in [0.15, 0.2) is 16.8 Å². The Kier molecular flexibility index (Phi) is 4.18. The van der Waals surface area contributed by atoms with Gasteiger partial charge in [0, 0.05) is 6.04 Å². The van der Waals surface area contributed by atoms with Crippen LogP contribution in [-0.4, -0.2) is 12.1 Å². The van der Waals surface area contributed by atoms with Crippen LogP contribution in [0.2, 0.25) is 0 Å². The molecule has 2 N–H and O–H groups in total. The maximum absolute atomic E-state index is 6.10. The lowest BCUT2D eigenvalue weighted by molar-refractivity contribution is 0.0196. The van der Waals surface area contributed by atoms with E-state index in [-0.39, 0.29) is 12.1 Å². The molecule has 2 rings (SSSR count). The van der Waals surface area contributed by atoms with Crippen molar-refractivity contribution in [3.05, 3.63) is 22.4 Å². The molecule has 1 aliphatic carbocycles. The van der Waals surface area contributed by atoms with Gasteiger partial charge in [0.2, 0.25) is 0 Å². The number of rotatable bonds is 3. The molecule has 84 valence electrons. The van der Waals surface area contributed by atoms with Crippen LogP contribution >= 0.6 is 11.3 Å². The Labute approximate surface area is 95.4 Å². The molecule has 2 unspecified atom stereocenters. The first-order chi connectivity index (χ1) is 7.36. The number of ether oxygens (including phenoxy) is 1. The zero-order valence-electron chi connectivity index (χ0n) is 9.02. The first-order valence-corrected chi connectivity index (χ1v) is 6.69. The van der Waals surface area contributed by atoms with E-state index in [4.69, 9.17) is 10.5 Å². The summed E-state index contributed by atoms with van der Waals surface area (Å²) >= 11 is 1.72. The fraction of sp³-hybridized carbons (Fsp3) is 0.667. The molecule has 0 saturated heterocycles. The molecule has 0 radical (unpaired) electrons. The monoisotopic (exact) mass is 225 g/mol. The van der Waals surface area contributed by atoms with E-state index in [1.165, 1.54) is 24.8 Å². The summed E-state index contributed by atoms with van der Waals surface area (Å²) < 4.78 is 5.90. The van der Waals surface area contributed by atoms with E-state index >= 15 is 0 Å². The maximum atomic E-state index is 6.10. The summed E-state index contributed by atoms with van der Waals surface area (Å²) in [5.74, 6) is 0. The SMILES string of the molecule is NC1CCCCCC1OCc1ccsc1. The second kappa shape index (κ2) is 5.64. The molecule has 1 saturated carbocycles. The van der Waals surface area contributed by atoms with Gasteiger partial charge in [0.25, 0.3) is 0 Å². The molecular weight excluding hydrogens is 206 g/mol. The van der Waals surface area contributed by atoms with Crippen molar-refractivity contribution in [2.75, 3.05) is 0 Å². The topological polar surface area (TPSA) is 35.2 Å². The average molecular weight is 225 g/mol. The summed E-state index contributed by atoms with van der Waals surface area (Å²) in [6.07, 6.45) is 6.36.